The first-order valence-corrected chi connectivity index (χ1v) is 13.7. The molecular weight excluding hydrogens is 484 g/mol. The number of aromatic amines is 1. The number of urea groups is 1. The number of ether oxygens (including phenoxy) is 1. The molecule has 11 nitrogen and oxygen atoms in total. The fraction of sp³-hybridized carbons (Fsp3) is 0.630. The van der Waals surface area contributed by atoms with Gasteiger partial charge in [-0.1, -0.05) is 6.07 Å². The molecule has 0 aromatic carbocycles. The molecule has 2 N–H and O–H groups in total. The van der Waals surface area contributed by atoms with Gasteiger partial charge in [0.05, 0.1) is 0 Å². The molecule has 2 aromatic heterocycles. The van der Waals surface area contributed by atoms with Crippen molar-refractivity contribution in [1.82, 2.24) is 30.3 Å². The van der Waals surface area contributed by atoms with E-state index in [2.05, 4.69) is 36.4 Å². The quantitative estimate of drug-likeness (QED) is 0.633. The molecule has 3 aliphatic heterocycles. The highest BCUT2D eigenvalue weighted by Gasteiger charge is 2.31. The number of nitrogens with zero attached hydrogens (tertiary/aromatic N) is 6. The standard InChI is InChI=1S/C27H40N8O3/c1-27(2,3)38-26(37)33-15-13-32(14-16-33)24-17-22(30-31-24)20-7-6-11-35(18-20)25(36)29-21-9-12-34(19-21)23-8-4-5-10-28-23/h4-5,8,10,17,20-21H,6-7,9,11-16,18-19H2,1-3H3,(H,29,36)(H,30,31). The zero-order chi connectivity index (χ0) is 26.7. The third kappa shape index (κ3) is 6.31. The molecule has 11 heteroatoms. The van der Waals surface area contributed by atoms with E-state index < -0.39 is 5.60 Å². The number of anilines is 2. The Balaban J connectivity index is 1.11. The van der Waals surface area contributed by atoms with Gasteiger partial charge in [-0.05, 0) is 52.2 Å². The molecule has 3 aliphatic rings. The smallest absolute Gasteiger partial charge is 0.410 e. The Bertz CT molecular complexity index is 1090. The van der Waals surface area contributed by atoms with Gasteiger partial charge in [-0.2, -0.15) is 5.10 Å². The molecule has 5 heterocycles. The summed E-state index contributed by atoms with van der Waals surface area (Å²) in [4.78, 5) is 38.0. The molecule has 5 rings (SSSR count). The molecule has 3 amide bonds. The predicted octanol–water partition coefficient (Wildman–Crippen LogP) is 3.03. The molecular formula is C27H40N8O3. The summed E-state index contributed by atoms with van der Waals surface area (Å²) in [6, 6.07) is 8.17. The number of carbonyl (C=O) groups is 2. The first kappa shape index (κ1) is 26.1. The summed E-state index contributed by atoms with van der Waals surface area (Å²) in [5, 5.41) is 11.0. The van der Waals surface area contributed by atoms with Crippen LogP contribution in [0.15, 0.2) is 30.5 Å². The van der Waals surface area contributed by atoms with Gasteiger partial charge in [-0.3, -0.25) is 5.10 Å². The first-order chi connectivity index (χ1) is 18.2. The van der Waals surface area contributed by atoms with Crippen molar-refractivity contribution in [1.29, 1.82) is 0 Å². The lowest BCUT2D eigenvalue weighted by atomic mass is 9.95. The molecule has 2 atom stereocenters. The summed E-state index contributed by atoms with van der Waals surface area (Å²) in [6.45, 7) is 11.4. The molecule has 38 heavy (non-hydrogen) atoms. The number of pyridine rings is 1. The van der Waals surface area contributed by atoms with Crippen LogP contribution in [0, 0.1) is 0 Å². The molecule has 0 saturated carbocycles. The minimum Gasteiger partial charge on any atom is -0.444 e. The molecule has 2 unspecified atom stereocenters. The van der Waals surface area contributed by atoms with E-state index in [9.17, 15) is 9.59 Å². The van der Waals surface area contributed by atoms with Gasteiger partial charge in [0.15, 0.2) is 5.82 Å². The summed E-state index contributed by atoms with van der Waals surface area (Å²) >= 11 is 0. The van der Waals surface area contributed by atoms with E-state index in [0.29, 0.717) is 32.7 Å². The topological polar surface area (TPSA) is 110 Å². The number of hydrogen-bond donors (Lipinski definition) is 2. The van der Waals surface area contributed by atoms with E-state index in [1.54, 1.807) is 11.1 Å². The maximum atomic E-state index is 13.1. The largest absolute Gasteiger partial charge is 0.444 e. The van der Waals surface area contributed by atoms with Gasteiger partial charge < -0.3 is 29.7 Å². The Morgan fingerprint density at radius 3 is 2.53 bits per heavy atom. The van der Waals surface area contributed by atoms with E-state index in [0.717, 1.165) is 56.2 Å². The number of aromatic nitrogens is 3. The van der Waals surface area contributed by atoms with Crippen LogP contribution >= 0.6 is 0 Å². The van der Waals surface area contributed by atoms with Crippen molar-refractivity contribution in [3.63, 3.8) is 0 Å². The van der Waals surface area contributed by atoms with Crippen LogP contribution < -0.4 is 15.1 Å². The maximum absolute atomic E-state index is 13.1. The van der Waals surface area contributed by atoms with Crippen LogP contribution in [-0.4, -0.2) is 101 Å². The van der Waals surface area contributed by atoms with Crippen molar-refractivity contribution >= 4 is 23.8 Å². The zero-order valence-electron chi connectivity index (χ0n) is 22.7. The second kappa shape index (κ2) is 11.1. The Kier molecular flexibility index (Phi) is 7.62. The van der Waals surface area contributed by atoms with Gasteiger partial charge in [0, 0.05) is 82.3 Å². The number of hydrogen-bond acceptors (Lipinski definition) is 7. The average Bonchev–Trinajstić information content (AvgIpc) is 3.59. The van der Waals surface area contributed by atoms with Crippen LogP contribution in [0.3, 0.4) is 0 Å². The number of likely N-dealkylation sites (tertiary alicyclic amines) is 1. The number of H-pyrrole nitrogens is 1. The van der Waals surface area contributed by atoms with Crippen molar-refractivity contribution in [2.45, 2.75) is 57.6 Å². The summed E-state index contributed by atoms with van der Waals surface area (Å²) in [7, 11) is 0. The fourth-order valence-electron chi connectivity index (χ4n) is 5.45. The molecule has 2 aromatic rings. The van der Waals surface area contributed by atoms with E-state index in [4.69, 9.17) is 4.74 Å². The van der Waals surface area contributed by atoms with Crippen molar-refractivity contribution in [2.75, 3.05) is 62.2 Å². The molecule has 3 saturated heterocycles. The van der Waals surface area contributed by atoms with Gasteiger partial charge in [0.2, 0.25) is 0 Å². The highest BCUT2D eigenvalue weighted by atomic mass is 16.6. The Hall–Kier alpha value is -3.50. The Morgan fingerprint density at radius 2 is 1.79 bits per heavy atom. The third-order valence-electron chi connectivity index (χ3n) is 7.48. The van der Waals surface area contributed by atoms with Crippen LogP contribution in [0.4, 0.5) is 21.2 Å². The Morgan fingerprint density at radius 1 is 0.974 bits per heavy atom. The van der Waals surface area contributed by atoms with E-state index in [1.165, 1.54) is 0 Å². The van der Waals surface area contributed by atoms with E-state index in [1.807, 2.05) is 43.9 Å². The summed E-state index contributed by atoms with van der Waals surface area (Å²) in [5.41, 5.74) is 0.571. The lowest BCUT2D eigenvalue weighted by Gasteiger charge is -2.35. The molecule has 0 bridgehead atoms. The normalized spacial score (nSPS) is 22.5. The molecule has 0 spiro atoms. The molecule has 206 valence electrons. The van der Waals surface area contributed by atoms with E-state index >= 15 is 0 Å². The van der Waals surface area contributed by atoms with Crippen LogP contribution in [0.1, 0.15) is 51.6 Å². The molecule has 0 radical (unpaired) electrons. The van der Waals surface area contributed by atoms with Crippen molar-refractivity contribution < 1.29 is 14.3 Å². The van der Waals surface area contributed by atoms with E-state index in [-0.39, 0.29) is 24.1 Å². The monoisotopic (exact) mass is 524 g/mol. The second-order valence-corrected chi connectivity index (χ2v) is 11.5. The lowest BCUT2D eigenvalue weighted by Crippen LogP contribution is -2.50. The van der Waals surface area contributed by atoms with Gasteiger partial charge in [-0.25, -0.2) is 14.6 Å². The van der Waals surface area contributed by atoms with Crippen LogP contribution in [0.5, 0.6) is 0 Å². The number of piperidine rings is 1. The fourth-order valence-corrected chi connectivity index (χ4v) is 5.45. The molecule has 3 fully saturated rings. The number of amides is 3. The van der Waals surface area contributed by atoms with Crippen LogP contribution in [0.2, 0.25) is 0 Å². The minimum absolute atomic E-state index is 0.0144. The summed E-state index contributed by atoms with van der Waals surface area (Å²) < 4.78 is 5.50. The van der Waals surface area contributed by atoms with Crippen LogP contribution in [-0.2, 0) is 4.74 Å². The van der Waals surface area contributed by atoms with Gasteiger partial charge in [-0.15, -0.1) is 0 Å². The predicted molar refractivity (Wildman–Crippen MR) is 146 cm³/mol. The number of rotatable bonds is 4. The SMILES string of the molecule is CC(C)(C)OC(=O)N1CCN(c2cc(C3CCCN(C(=O)NC4CCN(c5ccccn5)C4)C3)[nH]n2)CC1. The number of nitrogens with one attached hydrogen (secondary N) is 2. The van der Waals surface area contributed by atoms with Crippen molar-refractivity contribution in [2.24, 2.45) is 0 Å². The van der Waals surface area contributed by atoms with Gasteiger partial charge in [0.25, 0.3) is 0 Å². The number of piperazine rings is 1. The maximum Gasteiger partial charge on any atom is 0.410 e. The second-order valence-electron chi connectivity index (χ2n) is 11.5. The van der Waals surface area contributed by atoms with Crippen LogP contribution in [0.25, 0.3) is 0 Å². The highest BCUT2D eigenvalue weighted by Crippen LogP contribution is 2.28. The molecule has 0 aliphatic carbocycles. The van der Waals surface area contributed by atoms with Crippen molar-refractivity contribution in [3.8, 4) is 0 Å². The van der Waals surface area contributed by atoms with Gasteiger partial charge >= 0.3 is 12.1 Å². The lowest BCUT2D eigenvalue weighted by molar-refractivity contribution is 0.0240. The van der Waals surface area contributed by atoms with Gasteiger partial charge in [0.1, 0.15) is 11.4 Å². The summed E-state index contributed by atoms with van der Waals surface area (Å²) in [5.74, 6) is 2.09. The highest BCUT2D eigenvalue weighted by molar-refractivity contribution is 5.75. The number of carbonyl (C=O) groups excluding carboxylic acids is 2. The first-order valence-electron chi connectivity index (χ1n) is 13.7. The third-order valence-corrected chi connectivity index (χ3v) is 7.48. The minimum atomic E-state index is -0.493. The Labute approximate surface area is 224 Å². The average molecular weight is 525 g/mol. The van der Waals surface area contributed by atoms with Crippen molar-refractivity contribution in [3.05, 3.63) is 36.2 Å². The zero-order valence-corrected chi connectivity index (χ0v) is 22.7. The summed E-state index contributed by atoms with van der Waals surface area (Å²) in [6.07, 6.45) is 4.45.